The number of likely N-dealkylation sites (tertiary alicyclic amines) is 1. The minimum Gasteiger partial charge on any atom is -0.480 e. The number of nitrogens with zero attached hydrogens (tertiary/aromatic N) is 3. The quantitative estimate of drug-likeness (QED) is 0.831. The molecule has 2 rings (SSSR count). The van der Waals surface area contributed by atoms with Crippen molar-refractivity contribution in [3.8, 4) is 0 Å². The van der Waals surface area contributed by atoms with Gasteiger partial charge in [0, 0.05) is 18.3 Å². The third-order valence-corrected chi connectivity index (χ3v) is 3.03. The van der Waals surface area contributed by atoms with E-state index in [4.69, 9.17) is 0 Å². The summed E-state index contributed by atoms with van der Waals surface area (Å²) < 4.78 is 1.77. The molecule has 1 fully saturated rings. The highest BCUT2D eigenvalue weighted by molar-refractivity contribution is 5.75. The fourth-order valence-electron chi connectivity index (χ4n) is 2.20. The Morgan fingerprint density at radius 2 is 2.25 bits per heavy atom. The Kier molecular flexibility index (Phi) is 3.24. The first-order valence-electron chi connectivity index (χ1n) is 5.71. The summed E-state index contributed by atoms with van der Waals surface area (Å²) in [6.07, 6.45) is 5.68. The third-order valence-electron chi connectivity index (χ3n) is 3.03. The Bertz CT molecular complexity index is 369. The van der Waals surface area contributed by atoms with Crippen molar-refractivity contribution in [3.63, 3.8) is 0 Å². The predicted octanol–water partition coefficient (Wildman–Crippen LogP) is 1.12. The molecule has 0 radical (unpaired) electrons. The van der Waals surface area contributed by atoms with Gasteiger partial charge >= 0.3 is 5.97 Å². The van der Waals surface area contributed by atoms with Gasteiger partial charge in [0.25, 0.3) is 0 Å². The van der Waals surface area contributed by atoms with Crippen molar-refractivity contribution in [2.24, 2.45) is 0 Å². The number of aromatic nitrogens is 2. The van der Waals surface area contributed by atoms with Crippen LogP contribution in [0.4, 0.5) is 0 Å². The number of aryl methyl sites for hydroxylation is 1. The Labute approximate surface area is 94.7 Å². The van der Waals surface area contributed by atoms with Gasteiger partial charge < -0.3 is 5.11 Å². The monoisotopic (exact) mass is 223 g/mol. The van der Waals surface area contributed by atoms with Crippen LogP contribution in [-0.4, -0.2) is 38.8 Å². The fourth-order valence-corrected chi connectivity index (χ4v) is 2.20. The van der Waals surface area contributed by atoms with E-state index in [-0.39, 0.29) is 0 Å². The maximum absolute atomic E-state index is 11.3. The molecule has 2 heterocycles. The zero-order valence-electron chi connectivity index (χ0n) is 9.46. The van der Waals surface area contributed by atoms with Crippen molar-refractivity contribution in [2.75, 3.05) is 13.1 Å². The summed E-state index contributed by atoms with van der Waals surface area (Å²) in [6, 6.07) is -0.525. The molecule has 5 heteroatoms. The van der Waals surface area contributed by atoms with Crippen LogP contribution in [0.3, 0.4) is 0 Å². The molecule has 1 N–H and O–H groups in total. The number of carboxylic acids is 1. The first-order chi connectivity index (χ1) is 7.72. The Morgan fingerprint density at radius 1 is 1.56 bits per heavy atom. The van der Waals surface area contributed by atoms with Gasteiger partial charge in [-0.3, -0.25) is 14.4 Å². The van der Waals surface area contributed by atoms with E-state index in [1.165, 1.54) is 0 Å². The van der Waals surface area contributed by atoms with Gasteiger partial charge in [-0.25, -0.2) is 0 Å². The van der Waals surface area contributed by atoms with E-state index < -0.39 is 12.0 Å². The highest BCUT2D eigenvalue weighted by Gasteiger charge is 2.30. The normalized spacial score (nSPS) is 18.8. The van der Waals surface area contributed by atoms with Crippen LogP contribution in [0, 0.1) is 0 Å². The van der Waals surface area contributed by atoms with Crippen LogP contribution in [0.15, 0.2) is 12.4 Å². The number of hydrogen-bond acceptors (Lipinski definition) is 3. The number of carbonyl (C=O) groups is 1. The van der Waals surface area contributed by atoms with Crippen LogP contribution in [-0.2, 0) is 11.3 Å². The highest BCUT2D eigenvalue weighted by Crippen LogP contribution is 2.24. The summed E-state index contributed by atoms with van der Waals surface area (Å²) in [5.41, 5.74) is 0.788. The highest BCUT2D eigenvalue weighted by atomic mass is 16.4. The maximum Gasteiger partial charge on any atom is 0.325 e. The fraction of sp³-hybridized carbons (Fsp3) is 0.636. The maximum atomic E-state index is 11.3. The second-order valence-corrected chi connectivity index (χ2v) is 4.11. The summed E-state index contributed by atoms with van der Waals surface area (Å²) in [5, 5.41) is 13.4. The molecular weight excluding hydrogens is 206 g/mol. The van der Waals surface area contributed by atoms with E-state index in [1.807, 2.05) is 18.0 Å². The Hall–Kier alpha value is -1.36. The lowest BCUT2D eigenvalue weighted by Gasteiger charge is -2.22. The largest absolute Gasteiger partial charge is 0.480 e. The topological polar surface area (TPSA) is 58.4 Å². The molecule has 1 aliphatic heterocycles. The van der Waals surface area contributed by atoms with E-state index in [2.05, 4.69) is 5.10 Å². The minimum absolute atomic E-state index is 0.525. The summed E-state index contributed by atoms with van der Waals surface area (Å²) in [4.78, 5) is 13.3. The second-order valence-electron chi connectivity index (χ2n) is 4.11. The molecule has 1 aliphatic rings. The smallest absolute Gasteiger partial charge is 0.325 e. The van der Waals surface area contributed by atoms with E-state index in [0.29, 0.717) is 0 Å². The van der Waals surface area contributed by atoms with Gasteiger partial charge in [0.2, 0.25) is 0 Å². The summed E-state index contributed by atoms with van der Waals surface area (Å²) in [5.74, 6) is -0.780. The van der Waals surface area contributed by atoms with Crippen molar-refractivity contribution < 1.29 is 9.90 Å². The van der Waals surface area contributed by atoms with Crippen LogP contribution >= 0.6 is 0 Å². The van der Waals surface area contributed by atoms with Gasteiger partial charge in [-0.05, 0) is 32.9 Å². The predicted molar refractivity (Wildman–Crippen MR) is 59.1 cm³/mol. The van der Waals surface area contributed by atoms with Crippen LogP contribution in [0.5, 0.6) is 0 Å². The van der Waals surface area contributed by atoms with Gasteiger partial charge in [-0.2, -0.15) is 5.10 Å². The van der Waals surface area contributed by atoms with Gasteiger partial charge in [-0.1, -0.05) is 0 Å². The number of carboxylic acid groups (broad SMARTS) is 1. The molecule has 0 aromatic carbocycles. The molecule has 0 bridgehead atoms. The van der Waals surface area contributed by atoms with Crippen molar-refractivity contribution in [2.45, 2.75) is 32.4 Å². The molecule has 1 aromatic heterocycles. The Morgan fingerprint density at radius 3 is 2.75 bits per heavy atom. The standard InChI is InChI=1S/C11H17N3O2/c1-2-14-8-9(7-12-14)10(11(15)16)13-5-3-4-6-13/h7-8,10H,2-6H2,1H3,(H,15,16). The molecule has 1 unspecified atom stereocenters. The average Bonchev–Trinajstić information content (AvgIpc) is 2.88. The first-order valence-corrected chi connectivity index (χ1v) is 5.71. The van der Waals surface area contributed by atoms with Crippen molar-refractivity contribution in [1.29, 1.82) is 0 Å². The summed E-state index contributed by atoms with van der Waals surface area (Å²) in [6.45, 7) is 4.50. The zero-order chi connectivity index (χ0) is 11.5. The lowest BCUT2D eigenvalue weighted by Crippen LogP contribution is -2.31. The number of rotatable bonds is 4. The molecule has 1 aromatic rings. The molecule has 0 aliphatic carbocycles. The number of aliphatic carboxylic acids is 1. The molecule has 0 amide bonds. The third kappa shape index (κ3) is 2.09. The second kappa shape index (κ2) is 4.65. The van der Waals surface area contributed by atoms with E-state index in [1.54, 1.807) is 10.9 Å². The summed E-state index contributed by atoms with van der Waals surface area (Å²) >= 11 is 0. The molecular formula is C11H17N3O2. The van der Waals surface area contributed by atoms with Crippen molar-refractivity contribution in [1.82, 2.24) is 14.7 Å². The Balaban J connectivity index is 2.21. The van der Waals surface area contributed by atoms with Crippen molar-refractivity contribution >= 4 is 5.97 Å². The van der Waals surface area contributed by atoms with E-state index in [9.17, 15) is 9.90 Å². The van der Waals surface area contributed by atoms with Gasteiger partial charge in [0.15, 0.2) is 0 Å². The lowest BCUT2D eigenvalue weighted by atomic mass is 10.1. The van der Waals surface area contributed by atoms with Gasteiger partial charge in [-0.15, -0.1) is 0 Å². The SMILES string of the molecule is CCn1cc(C(C(=O)O)N2CCCC2)cn1. The van der Waals surface area contributed by atoms with Crippen molar-refractivity contribution in [3.05, 3.63) is 18.0 Å². The van der Waals surface area contributed by atoms with E-state index >= 15 is 0 Å². The molecule has 0 saturated carbocycles. The van der Waals surface area contributed by atoms with Crippen LogP contribution < -0.4 is 0 Å². The lowest BCUT2D eigenvalue weighted by molar-refractivity contribution is -0.143. The minimum atomic E-state index is -0.780. The van der Waals surface area contributed by atoms with Crippen LogP contribution in [0.2, 0.25) is 0 Å². The first kappa shape index (κ1) is 11.1. The zero-order valence-corrected chi connectivity index (χ0v) is 9.46. The number of hydrogen-bond donors (Lipinski definition) is 1. The van der Waals surface area contributed by atoms with Crippen LogP contribution in [0.25, 0.3) is 0 Å². The molecule has 1 saturated heterocycles. The summed E-state index contributed by atoms with van der Waals surface area (Å²) in [7, 11) is 0. The molecule has 88 valence electrons. The molecule has 5 nitrogen and oxygen atoms in total. The molecule has 1 atom stereocenters. The van der Waals surface area contributed by atoms with Gasteiger partial charge in [0.1, 0.15) is 6.04 Å². The van der Waals surface area contributed by atoms with E-state index in [0.717, 1.165) is 38.0 Å². The average molecular weight is 223 g/mol. The molecule has 0 spiro atoms. The molecule has 16 heavy (non-hydrogen) atoms. The van der Waals surface area contributed by atoms with Gasteiger partial charge in [0.05, 0.1) is 6.20 Å². The van der Waals surface area contributed by atoms with Crippen LogP contribution in [0.1, 0.15) is 31.4 Å².